The summed E-state index contributed by atoms with van der Waals surface area (Å²) in [6, 6.07) is 15.5. The molecule has 3 rings (SSSR count). The minimum atomic E-state index is -4.10. The van der Waals surface area contributed by atoms with Gasteiger partial charge < -0.3 is 37.0 Å². The Morgan fingerprint density at radius 2 is 1.32 bits per heavy atom. The highest BCUT2D eigenvalue weighted by Crippen LogP contribution is 2.24. The summed E-state index contributed by atoms with van der Waals surface area (Å²) in [4.78, 5) is 47.9. The summed E-state index contributed by atoms with van der Waals surface area (Å²) in [5.74, 6) is -1.19. The van der Waals surface area contributed by atoms with Crippen molar-refractivity contribution in [3.05, 3.63) is 78.4 Å². The summed E-state index contributed by atoms with van der Waals surface area (Å²) in [6.07, 6.45) is 0.262. The van der Waals surface area contributed by atoms with Crippen molar-refractivity contribution < 1.29 is 32.7 Å². The molecule has 3 aromatic carbocycles. The molecule has 0 bridgehead atoms. The Bertz CT molecular complexity index is 1580. The predicted molar refractivity (Wildman–Crippen MR) is 167 cm³/mol. The van der Waals surface area contributed by atoms with E-state index < -0.39 is 40.5 Å². The lowest BCUT2D eigenvalue weighted by Crippen LogP contribution is -2.34. The number of sulfonamides is 1. The van der Waals surface area contributed by atoms with Crippen LogP contribution in [-0.2, 0) is 14.8 Å². The smallest absolute Gasteiger partial charge is 0.319 e. The van der Waals surface area contributed by atoms with E-state index in [1.54, 1.807) is 43.3 Å². The zero-order valence-electron chi connectivity index (χ0n) is 24.1. The molecule has 0 aliphatic carbocycles. The Labute approximate surface area is 255 Å². The van der Waals surface area contributed by atoms with Crippen LogP contribution in [-0.4, -0.2) is 50.7 Å². The van der Waals surface area contributed by atoms with Gasteiger partial charge in [0.1, 0.15) is 0 Å². The van der Waals surface area contributed by atoms with Crippen molar-refractivity contribution >= 4 is 56.8 Å². The van der Waals surface area contributed by atoms with E-state index >= 15 is 0 Å². The molecule has 44 heavy (non-hydrogen) atoms. The maximum Gasteiger partial charge on any atom is 0.319 e. The topological polar surface area (TPSA) is 207 Å². The van der Waals surface area contributed by atoms with Crippen molar-refractivity contribution in [3.8, 4) is 0 Å². The Morgan fingerprint density at radius 3 is 1.95 bits per heavy atom. The number of carbonyl (C=O) groups is 4. The first-order valence-electron chi connectivity index (χ1n) is 13.7. The number of hydrogen-bond donors (Lipinski definition) is 8. The molecule has 0 fully saturated rings. The Kier molecular flexibility index (Phi) is 11.9. The van der Waals surface area contributed by atoms with Gasteiger partial charge in [0.15, 0.2) is 0 Å². The van der Waals surface area contributed by atoms with Crippen LogP contribution in [0.4, 0.5) is 37.1 Å². The van der Waals surface area contributed by atoms with E-state index in [0.717, 1.165) is 6.42 Å². The average molecular weight is 626 g/mol. The number of carbonyl (C=O) groups excluding carboxylic acids is 3. The van der Waals surface area contributed by atoms with Gasteiger partial charge in [-0.25, -0.2) is 22.8 Å². The van der Waals surface area contributed by atoms with Gasteiger partial charge in [0.2, 0.25) is 0 Å². The largest absolute Gasteiger partial charge is 0.481 e. The van der Waals surface area contributed by atoms with Crippen LogP contribution in [0.1, 0.15) is 38.3 Å². The number of hydrogen-bond acceptors (Lipinski definition) is 6. The Balaban J connectivity index is 1.70. The van der Waals surface area contributed by atoms with E-state index in [1.165, 1.54) is 36.4 Å². The van der Waals surface area contributed by atoms with E-state index in [1.807, 2.05) is 6.92 Å². The van der Waals surface area contributed by atoms with E-state index in [2.05, 4.69) is 36.6 Å². The number of nitrogens with one attached hydrogen (secondary N) is 7. The standard InChI is InChI=1S/C29H35N7O7S/c1-3-15-31-28(40)34-22-8-6-10-24(17-22)44(42,43)36-23-9-5-7-19(16-23)25(18-26(37)38)35-29(41)33-21-13-11-20(12-14-21)32-27(39)30-4-2/h5-14,16-17,25,36H,3-4,15,18H2,1-2H3,(H,37,38)(H2,30,32,39)(H2,31,34,40)(H2,33,35,41). The first-order valence-corrected chi connectivity index (χ1v) is 15.2. The molecule has 0 aliphatic heterocycles. The summed E-state index contributed by atoms with van der Waals surface area (Å²) in [5.41, 5.74) is 1.64. The monoisotopic (exact) mass is 625 g/mol. The van der Waals surface area contributed by atoms with Gasteiger partial charge in [-0.1, -0.05) is 25.1 Å². The molecule has 14 nitrogen and oxygen atoms in total. The van der Waals surface area contributed by atoms with Gasteiger partial charge in [0.25, 0.3) is 10.0 Å². The lowest BCUT2D eigenvalue weighted by Gasteiger charge is -2.19. The minimum absolute atomic E-state index is 0.108. The fourth-order valence-corrected chi connectivity index (χ4v) is 5.01. The predicted octanol–water partition coefficient (Wildman–Crippen LogP) is 4.50. The fraction of sp³-hybridized carbons (Fsp3) is 0.241. The highest BCUT2D eigenvalue weighted by atomic mass is 32.2. The van der Waals surface area contributed by atoms with Crippen LogP contribution in [0.3, 0.4) is 0 Å². The first-order chi connectivity index (χ1) is 21.0. The quantitative estimate of drug-likeness (QED) is 0.136. The second kappa shape index (κ2) is 15.8. The van der Waals surface area contributed by atoms with Gasteiger partial charge in [0.05, 0.1) is 17.4 Å². The third-order valence-electron chi connectivity index (χ3n) is 5.90. The number of anilines is 4. The number of rotatable bonds is 13. The maximum absolute atomic E-state index is 13.1. The molecule has 0 radical (unpaired) electrons. The number of carboxylic acids is 1. The lowest BCUT2D eigenvalue weighted by atomic mass is 10.0. The molecule has 0 aliphatic rings. The molecule has 1 atom stereocenters. The van der Waals surface area contributed by atoms with Crippen LogP contribution in [0, 0.1) is 0 Å². The zero-order chi connectivity index (χ0) is 32.1. The van der Waals surface area contributed by atoms with E-state index in [-0.39, 0.29) is 22.3 Å². The molecular formula is C29H35N7O7S. The van der Waals surface area contributed by atoms with Crippen molar-refractivity contribution in [3.63, 3.8) is 0 Å². The molecule has 1 unspecified atom stereocenters. The number of carboxylic acid groups (broad SMARTS) is 1. The summed E-state index contributed by atoms with van der Waals surface area (Å²) in [6.45, 7) is 4.62. The van der Waals surface area contributed by atoms with Gasteiger partial charge in [-0.05, 0) is 73.5 Å². The molecule has 6 amide bonds. The third-order valence-corrected chi connectivity index (χ3v) is 7.28. The number of benzene rings is 3. The van der Waals surface area contributed by atoms with E-state index in [4.69, 9.17) is 0 Å². The van der Waals surface area contributed by atoms with Crippen LogP contribution in [0.15, 0.2) is 77.7 Å². The fourth-order valence-electron chi connectivity index (χ4n) is 3.91. The van der Waals surface area contributed by atoms with Crippen LogP contribution in [0.5, 0.6) is 0 Å². The van der Waals surface area contributed by atoms with Crippen LogP contribution in [0.2, 0.25) is 0 Å². The van der Waals surface area contributed by atoms with Gasteiger partial charge >= 0.3 is 24.1 Å². The van der Waals surface area contributed by atoms with Crippen molar-refractivity contribution in [2.24, 2.45) is 0 Å². The summed E-state index contributed by atoms with van der Waals surface area (Å²) in [5, 5.41) is 25.1. The van der Waals surface area contributed by atoms with Crippen LogP contribution in [0.25, 0.3) is 0 Å². The molecule has 0 spiro atoms. The highest BCUT2D eigenvalue weighted by Gasteiger charge is 2.21. The highest BCUT2D eigenvalue weighted by molar-refractivity contribution is 7.92. The van der Waals surface area contributed by atoms with Crippen molar-refractivity contribution in [1.82, 2.24) is 16.0 Å². The number of amides is 6. The molecule has 234 valence electrons. The van der Waals surface area contributed by atoms with Crippen molar-refractivity contribution in [1.29, 1.82) is 0 Å². The molecular weight excluding hydrogens is 590 g/mol. The SMILES string of the molecule is CCCNC(=O)Nc1cccc(S(=O)(=O)Nc2cccc(C(CC(=O)O)NC(=O)Nc3ccc(NC(=O)NCC)cc3)c2)c1. The second-order valence-corrected chi connectivity index (χ2v) is 11.1. The van der Waals surface area contributed by atoms with Gasteiger partial charge in [-0.2, -0.15) is 0 Å². The Hall–Kier alpha value is -5.31. The molecule has 3 aromatic rings. The van der Waals surface area contributed by atoms with Crippen molar-refractivity contribution in [2.45, 2.75) is 37.6 Å². The Morgan fingerprint density at radius 1 is 0.727 bits per heavy atom. The second-order valence-electron chi connectivity index (χ2n) is 9.45. The van der Waals surface area contributed by atoms with Gasteiger partial charge in [-0.3, -0.25) is 9.52 Å². The van der Waals surface area contributed by atoms with E-state index in [0.29, 0.717) is 30.0 Å². The molecule has 0 heterocycles. The molecule has 8 N–H and O–H groups in total. The molecule has 0 saturated heterocycles. The van der Waals surface area contributed by atoms with Gasteiger partial charge in [-0.15, -0.1) is 0 Å². The molecule has 0 saturated carbocycles. The average Bonchev–Trinajstić information content (AvgIpc) is 2.97. The van der Waals surface area contributed by atoms with Crippen LogP contribution >= 0.6 is 0 Å². The normalized spacial score (nSPS) is 11.4. The first kappa shape index (κ1) is 33.2. The maximum atomic E-state index is 13.1. The van der Waals surface area contributed by atoms with E-state index in [9.17, 15) is 32.7 Å². The minimum Gasteiger partial charge on any atom is -0.481 e. The third kappa shape index (κ3) is 10.5. The summed E-state index contributed by atoms with van der Waals surface area (Å²) in [7, 11) is -4.10. The van der Waals surface area contributed by atoms with Crippen LogP contribution < -0.4 is 36.6 Å². The summed E-state index contributed by atoms with van der Waals surface area (Å²) < 4.78 is 28.7. The summed E-state index contributed by atoms with van der Waals surface area (Å²) >= 11 is 0. The number of aliphatic carboxylic acids is 1. The van der Waals surface area contributed by atoms with Gasteiger partial charge in [0, 0.05) is 35.8 Å². The zero-order valence-corrected chi connectivity index (χ0v) is 25.0. The molecule has 0 aromatic heterocycles. The lowest BCUT2D eigenvalue weighted by molar-refractivity contribution is -0.137. The molecule has 15 heteroatoms. The van der Waals surface area contributed by atoms with Crippen molar-refractivity contribution in [2.75, 3.05) is 33.8 Å². The number of urea groups is 3.